The van der Waals surface area contributed by atoms with Crippen molar-refractivity contribution in [2.75, 3.05) is 6.54 Å². The molecule has 2 N–H and O–H groups in total. The average Bonchev–Trinajstić information content (AvgIpc) is 2.60. The molecule has 0 aliphatic rings. The topological polar surface area (TPSA) is 26.0 Å². The second kappa shape index (κ2) is 11.7. The smallest absolute Gasteiger partial charge is 0.00142 e. The summed E-state index contributed by atoms with van der Waals surface area (Å²) in [5, 5.41) is 0. The Bertz CT molecular complexity index is 462. The Morgan fingerprint density at radius 3 is 1.80 bits per heavy atom. The number of hydrogen-bond acceptors (Lipinski definition) is 1. The van der Waals surface area contributed by atoms with Crippen LogP contribution in [0.2, 0.25) is 0 Å². The number of hydrogen-bond donors (Lipinski definition) is 1. The van der Waals surface area contributed by atoms with E-state index in [1.54, 1.807) is 5.57 Å². The molecule has 0 amide bonds. The minimum atomic E-state index is 0.119. The summed E-state index contributed by atoms with van der Waals surface area (Å²) in [7, 11) is 0. The van der Waals surface area contributed by atoms with Gasteiger partial charge in [-0.05, 0) is 71.1 Å². The summed E-state index contributed by atoms with van der Waals surface area (Å²) in [6, 6.07) is 0. The molecule has 0 heterocycles. The van der Waals surface area contributed by atoms with Crippen LogP contribution >= 0.6 is 0 Å². The van der Waals surface area contributed by atoms with Crippen LogP contribution in [0, 0.1) is 10.8 Å². The molecule has 0 saturated heterocycles. The van der Waals surface area contributed by atoms with Gasteiger partial charge in [-0.15, -0.1) is 0 Å². The van der Waals surface area contributed by atoms with E-state index in [4.69, 9.17) is 5.73 Å². The van der Waals surface area contributed by atoms with Gasteiger partial charge < -0.3 is 5.73 Å². The van der Waals surface area contributed by atoms with Gasteiger partial charge >= 0.3 is 0 Å². The molecule has 146 valence electrons. The fourth-order valence-corrected chi connectivity index (χ4v) is 3.33. The molecule has 1 heteroatoms. The van der Waals surface area contributed by atoms with Crippen LogP contribution in [0.1, 0.15) is 100 Å². The van der Waals surface area contributed by atoms with Crippen molar-refractivity contribution in [2.24, 2.45) is 16.6 Å². The van der Waals surface area contributed by atoms with Gasteiger partial charge in [-0.1, -0.05) is 69.6 Å². The first-order chi connectivity index (χ1) is 11.7. The van der Waals surface area contributed by atoms with Crippen molar-refractivity contribution in [3.8, 4) is 0 Å². The molecule has 0 aromatic rings. The quantitative estimate of drug-likeness (QED) is 0.362. The van der Waals surface area contributed by atoms with E-state index in [9.17, 15) is 0 Å². The van der Waals surface area contributed by atoms with E-state index < -0.39 is 0 Å². The molecule has 1 nitrogen and oxygen atoms in total. The Labute approximate surface area is 158 Å². The predicted octanol–water partition coefficient (Wildman–Crippen LogP) is 7.59. The van der Waals surface area contributed by atoms with Gasteiger partial charge in [0.25, 0.3) is 0 Å². The Hall–Kier alpha value is -0.820. The van der Waals surface area contributed by atoms with Crippen LogP contribution in [-0.4, -0.2) is 6.54 Å². The largest absolute Gasteiger partial charge is 0.330 e. The lowest BCUT2D eigenvalue weighted by Gasteiger charge is -2.31. The SMILES string of the molecule is CC/C=C(\C)CC/C=C(\C)C(C)(CN)CC/C=C(\C)C(C)(CC)CC. The summed E-state index contributed by atoms with van der Waals surface area (Å²) in [5.74, 6) is 0. The van der Waals surface area contributed by atoms with Crippen molar-refractivity contribution in [1.82, 2.24) is 0 Å². The van der Waals surface area contributed by atoms with Crippen molar-refractivity contribution < 1.29 is 0 Å². The Morgan fingerprint density at radius 2 is 1.32 bits per heavy atom. The molecular weight excluding hydrogens is 302 g/mol. The molecule has 0 saturated carbocycles. The van der Waals surface area contributed by atoms with Gasteiger partial charge in [0, 0.05) is 12.0 Å². The van der Waals surface area contributed by atoms with E-state index in [1.807, 2.05) is 0 Å². The Morgan fingerprint density at radius 1 is 0.800 bits per heavy atom. The molecule has 0 fully saturated rings. The maximum atomic E-state index is 6.17. The van der Waals surface area contributed by atoms with Crippen LogP contribution in [0.5, 0.6) is 0 Å². The molecule has 0 aromatic heterocycles. The van der Waals surface area contributed by atoms with Gasteiger partial charge in [0.1, 0.15) is 0 Å². The molecule has 0 rings (SSSR count). The zero-order chi connectivity index (χ0) is 19.5. The summed E-state index contributed by atoms with van der Waals surface area (Å²) < 4.78 is 0. The van der Waals surface area contributed by atoms with Crippen molar-refractivity contribution in [1.29, 1.82) is 0 Å². The van der Waals surface area contributed by atoms with E-state index in [0.717, 1.165) is 38.6 Å². The standard InChI is InChI=1S/C24H45N/c1-9-14-20(4)15-12-16-22(6)24(8,19-25)18-13-17-21(5)23(7,10-2)11-3/h14,16-17H,9-13,15,18-19,25H2,1-8H3/b20-14+,21-17+,22-16+. The van der Waals surface area contributed by atoms with Gasteiger partial charge in [0.05, 0.1) is 0 Å². The molecule has 0 bridgehead atoms. The van der Waals surface area contributed by atoms with Crippen LogP contribution < -0.4 is 5.73 Å². The maximum Gasteiger partial charge on any atom is 0.00142 e. The molecule has 0 spiro atoms. The van der Waals surface area contributed by atoms with Crippen LogP contribution in [0.25, 0.3) is 0 Å². The zero-order valence-electron chi connectivity index (χ0n) is 18.5. The summed E-state index contributed by atoms with van der Waals surface area (Å²) in [6.45, 7) is 19.1. The lowest BCUT2D eigenvalue weighted by molar-refractivity contribution is 0.358. The molecule has 0 radical (unpaired) electrons. The average molecular weight is 348 g/mol. The highest BCUT2D eigenvalue weighted by atomic mass is 14.6. The minimum absolute atomic E-state index is 0.119. The van der Waals surface area contributed by atoms with Gasteiger partial charge in [0.15, 0.2) is 0 Å². The minimum Gasteiger partial charge on any atom is -0.330 e. The van der Waals surface area contributed by atoms with E-state index >= 15 is 0 Å². The number of allylic oxidation sites excluding steroid dienone is 5. The van der Waals surface area contributed by atoms with Gasteiger partial charge in [-0.25, -0.2) is 0 Å². The number of nitrogens with two attached hydrogens (primary N) is 1. The third-order valence-electron chi connectivity index (χ3n) is 6.60. The first-order valence-electron chi connectivity index (χ1n) is 10.4. The lowest BCUT2D eigenvalue weighted by Crippen LogP contribution is -2.28. The fraction of sp³-hybridized carbons (Fsp3) is 0.750. The van der Waals surface area contributed by atoms with E-state index in [-0.39, 0.29) is 5.41 Å². The molecule has 0 aliphatic carbocycles. The lowest BCUT2D eigenvalue weighted by atomic mass is 9.75. The first kappa shape index (κ1) is 24.2. The van der Waals surface area contributed by atoms with Gasteiger partial charge in [-0.3, -0.25) is 0 Å². The Balaban J connectivity index is 4.85. The normalized spacial score (nSPS) is 16.9. The highest BCUT2D eigenvalue weighted by Crippen LogP contribution is 2.36. The third-order valence-corrected chi connectivity index (χ3v) is 6.60. The molecular formula is C24H45N. The molecule has 25 heavy (non-hydrogen) atoms. The predicted molar refractivity (Wildman–Crippen MR) is 116 cm³/mol. The second-order valence-corrected chi connectivity index (χ2v) is 8.34. The third kappa shape index (κ3) is 7.94. The van der Waals surface area contributed by atoms with Crippen molar-refractivity contribution in [3.05, 3.63) is 34.9 Å². The molecule has 1 atom stereocenters. The Kier molecular flexibility index (Phi) is 11.3. The van der Waals surface area contributed by atoms with Crippen LogP contribution in [0.4, 0.5) is 0 Å². The van der Waals surface area contributed by atoms with Gasteiger partial charge in [0.2, 0.25) is 0 Å². The summed E-state index contributed by atoms with van der Waals surface area (Å²) in [4.78, 5) is 0. The first-order valence-corrected chi connectivity index (χ1v) is 10.4. The highest BCUT2D eigenvalue weighted by molar-refractivity contribution is 5.15. The van der Waals surface area contributed by atoms with Crippen molar-refractivity contribution >= 4 is 0 Å². The summed E-state index contributed by atoms with van der Waals surface area (Å²) >= 11 is 0. The molecule has 0 aromatic carbocycles. The van der Waals surface area contributed by atoms with E-state index in [2.05, 4.69) is 73.6 Å². The van der Waals surface area contributed by atoms with Crippen LogP contribution in [0.3, 0.4) is 0 Å². The van der Waals surface area contributed by atoms with E-state index in [0.29, 0.717) is 5.41 Å². The maximum absolute atomic E-state index is 6.17. The highest BCUT2D eigenvalue weighted by Gasteiger charge is 2.25. The van der Waals surface area contributed by atoms with Gasteiger partial charge in [-0.2, -0.15) is 0 Å². The van der Waals surface area contributed by atoms with E-state index in [1.165, 1.54) is 24.0 Å². The fourth-order valence-electron chi connectivity index (χ4n) is 3.33. The molecule has 0 aliphatic heterocycles. The number of rotatable bonds is 12. The van der Waals surface area contributed by atoms with Crippen LogP contribution in [0.15, 0.2) is 34.9 Å². The second-order valence-electron chi connectivity index (χ2n) is 8.34. The van der Waals surface area contributed by atoms with Crippen molar-refractivity contribution in [3.63, 3.8) is 0 Å². The van der Waals surface area contributed by atoms with Crippen molar-refractivity contribution in [2.45, 2.75) is 100 Å². The summed E-state index contributed by atoms with van der Waals surface area (Å²) in [6.07, 6.45) is 15.3. The zero-order valence-corrected chi connectivity index (χ0v) is 18.5. The molecule has 1 unspecified atom stereocenters. The van der Waals surface area contributed by atoms with Crippen LogP contribution in [-0.2, 0) is 0 Å². The summed E-state index contributed by atoms with van der Waals surface area (Å²) in [5.41, 5.74) is 11.1. The monoisotopic (exact) mass is 347 g/mol.